The Labute approximate surface area is 172 Å². The number of carbonyl (C=O) groups excluding carboxylic acids is 2. The van der Waals surface area contributed by atoms with E-state index in [9.17, 15) is 9.59 Å². The molecule has 4 saturated carbocycles. The van der Waals surface area contributed by atoms with E-state index in [2.05, 4.69) is 10.6 Å². The first-order valence-electron chi connectivity index (χ1n) is 10.7. The number of hydrogen-bond acceptors (Lipinski definition) is 4. The van der Waals surface area contributed by atoms with Crippen molar-refractivity contribution in [1.29, 1.82) is 0 Å². The number of carbonyl (C=O) groups is 2. The minimum atomic E-state index is -0.260. The molecule has 158 valence electrons. The Balaban J connectivity index is 1.34. The van der Waals surface area contributed by atoms with Crippen LogP contribution in [0.1, 0.15) is 57.1 Å². The van der Waals surface area contributed by atoms with Crippen LogP contribution in [-0.4, -0.2) is 32.6 Å². The molecule has 6 nitrogen and oxygen atoms in total. The number of hydrogen-bond donors (Lipinski definition) is 2. The predicted octanol–water partition coefficient (Wildman–Crippen LogP) is 3.21. The van der Waals surface area contributed by atoms with E-state index >= 15 is 0 Å². The highest BCUT2D eigenvalue weighted by atomic mass is 16.5. The molecule has 0 aromatic heterocycles. The first kappa shape index (κ1) is 20.0. The standard InChI is InChI=1S/C23H32N2O4/c1-14(19-9-18(28-2)4-5-20(19)29-3)25-21(26)13-24-22(27)23-10-15-6-16(11-23)8-17(7-15)12-23/h4-5,9,14-17H,6-8,10-13H2,1-3H3,(H,24,27)(H,25,26). The number of benzene rings is 1. The molecule has 1 aromatic carbocycles. The van der Waals surface area contributed by atoms with Gasteiger partial charge in [0.1, 0.15) is 11.5 Å². The maximum absolute atomic E-state index is 13.0. The second kappa shape index (κ2) is 7.88. The average Bonchev–Trinajstić information content (AvgIpc) is 2.70. The number of ether oxygens (including phenoxy) is 2. The van der Waals surface area contributed by atoms with Gasteiger partial charge in [-0.25, -0.2) is 0 Å². The molecule has 4 aliphatic carbocycles. The third-order valence-corrected chi connectivity index (χ3v) is 7.21. The first-order valence-corrected chi connectivity index (χ1v) is 10.7. The molecule has 4 aliphatic rings. The molecule has 2 N–H and O–H groups in total. The van der Waals surface area contributed by atoms with Gasteiger partial charge in [0.15, 0.2) is 0 Å². The van der Waals surface area contributed by atoms with Gasteiger partial charge in [0.25, 0.3) is 0 Å². The highest BCUT2D eigenvalue weighted by molar-refractivity contribution is 5.88. The van der Waals surface area contributed by atoms with Crippen molar-refractivity contribution < 1.29 is 19.1 Å². The normalized spacial score (nSPS) is 30.5. The Bertz CT molecular complexity index is 756. The van der Waals surface area contributed by atoms with Crippen LogP contribution in [0.15, 0.2) is 18.2 Å². The molecule has 0 heterocycles. The molecule has 5 rings (SSSR count). The van der Waals surface area contributed by atoms with E-state index < -0.39 is 0 Å². The zero-order chi connectivity index (χ0) is 20.6. The van der Waals surface area contributed by atoms with Crippen LogP contribution in [0, 0.1) is 23.2 Å². The fourth-order valence-electron chi connectivity index (χ4n) is 6.28. The summed E-state index contributed by atoms with van der Waals surface area (Å²) >= 11 is 0. The summed E-state index contributed by atoms with van der Waals surface area (Å²) in [5.74, 6) is 3.41. The van der Waals surface area contributed by atoms with Crippen LogP contribution in [0.2, 0.25) is 0 Å². The largest absolute Gasteiger partial charge is 0.497 e. The van der Waals surface area contributed by atoms with E-state index in [1.54, 1.807) is 14.2 Å². The molecule has 0 spiro atoms. The van der Waals surface area contributed by atoms with Crippen molar-refractivity contribution in [2.24, 2.45) is 23.2 Å². The number of methoxy groups -OCH3 is 2. The second-order valence-corrected chi connectivity index (χ2v) is 9.28. The van der Waals surface area contributed by atoms with Gasteiger partial charge in [-0.2, -0.15) is 0 Å². The van der Waals surface area contributed by atoms with Gasteiger partial charge < -0.3 is 20.1 Å². The van der Waals surface area contributed by atoms with Crippen LogP contribution in [0.4, 0.5) is 0 Å². The molecular formula is C23H32N2O4. The van der Waals surface area contributed by atoms with Gasteiger partial charge in [0, 0.05) is 11.0 Å². The van der Waals surface area contributed by atoms with Crippen LogP contribution in [0.5, 0.6) is 11.5 Å². The van der Waals surface area contributed by atoms with Gasteiger partial charge in [-0.05, 0) is 81.4 Å². The van der Waals surface area contributed by atoms with Gasteiger partial charge in [-0.3, -0.25) is 9.59 Å². The molecular weight excluding hydrogens is 368 g/mol. The van der Waals surface area contributed by atoms with Crippen molar-refractivity contribution in [3.05, 3.63) is 23.8 Å². The van der Waals surface area contributed by atoms with Crippen molar-refractivity contribution >= 4 is 11.8 Å². The van der Waals surface area contributed by atoms with Crippen LogP contribution in [-0.2, 0) is 9.59 Å². The summed E-state index contributed by atoms with van der Waals surface area (Å²) in [6, 6.07) is 5.25. The predicted molar refractivity (Wildman–Crippen MR) is 110 cm³/mol. The Morgan fingerprint density at radius 1 is 1.07 bits per heavy atom. The quantitative estimate of drug-likeness (QED) is 0.737. The lowest BCUT2D eigenvalue weighted by molar-refractivity contribution is -0.147. The summed E-state index contributed by atoms with van der Waals surface area (Å²) in [6.07, 6.45) is 6.91. The van der Waals surface area contributed by atoms with Crippen LogP contribution >= 0.6 is 0 Å². The third kappa shape index (κ3) is 3.94. The highest BCUT2D eigenvalue weighted by Crippen LogP contribution is 2.60. The van der Waals surface area contributed by atoms with E-state index in [0.717, 1.165) is 24.8 Å². The van der Waals surface area contributed by atoms with Crippen molar-refractivity contribution in [3.63, 3.8) is 0 Å². The molecule has 4 fully saturated rings. The van der Waals surface area contributed by atoms with Crippen LogP contribution in [0.3, 0.4) is 0 Å². The van der Waals surface area contributed by atoms with Gasteiger partial charge >= 0.3 is 0 Å². The first-order chi connectivity index (χ1) is 13.9. The summed E-state index contributed by atoms with van der Waals surface area (Å²) in [5, 5.41) is 5.90. The summed E-state index contributed by atoms with van der Waals surface area (Å²) in [6.45, 7) is 1.91. The molecule has 1 unspecified atom stereocenters. The van der Waals surface area contributed by atoms with Gasteiger partial charge in [0.2, 0.25) is 11.8 Å². The lowest BCUT2D eigenvalue weighted by Gasteiger charge is -2.55. The Hall–Kier alpha value is -2.24. The Kier molecular flexibility index (Phi) is 5.45. The second-order valence-electron chi connectivity index (χ2n) is 9.28. The molecule has 0 saturated heterocycles. The average molecular weight is 401 g/mol. The smallest absolute Gasteiger partial charge is 0.239 e. The fourth-order valence-corrected chi connectivity index (χ4v) is 6.28. The summed E-state index contributed by atoms with van der Waals surface area (Å²) in [4.78, 5) is 25.5. The Morgan fingerprint density at radius 2 is 1.69 bits per heavy atom. The van der Waals surface area contributed by atoms with E-state index in [1.165, 1.54) is 19.3 Å². The molecule has 4 bridgehead atoms. The molecule has 1 atom stereocenters. The maximum Gasteiger partial charge on any atom is 0.239 e. The monoisotopic (exact) mass is 400 g/mol. The van der Waals surface area contributed by atoms with Crippen LogP contribution in [0.25, 0.3) is 0 Å². The van der Waals surface area contributed by atoms with Crippen molar-refractivity contribution in [1.82, 2.24) is 10.6 Å². The molecule has 0 aliphatic heterocycles. The van der Waals surface area contributed by atoms with E-state index in [1.807, 2.05) is 25.1 Å². The SMILES string of the molecule is COc1ccc(OC)c(C(C)NC(=O)CNC(=O)C23CC4CC(CC(C4)C2)C3)c1. The molecule has 29 heavy (non-hydrogen) atoms. The Morgan fingerprint density at radius 3 is 2.24 bits per heavy atom. The molecule has 1 aromatic rings. The van der Waals surface area contributed by atoms with Gasteiger partial charge in [-0.1, -0.05) is 0 Å². The van der Waals surface area contributed by atoms with E-state index in [0.29, 0.717) is 29.3 Å². The van der Waals surface area contributed by atoms with Crippen LogP contribution < -0.4 is 20.1 Å². The summed E-state index contributed by atoms with van der Waals surface area (Å²) in [7, 11) is 3.21. The summed E-state index contributed by atoms with van der Waals surface area (Å²) in [5.41, 5.74) is 0.615. The maximum atomic E-state index is 13.0. The van der Waals surface area contributed by atoms with E-state index in [4.69, 9.17) is 9.47 Å². The van der Waals surface area contributed by atoms with Crippen molar-refractivity contribution in [3.8, 4) is 11.5 Å². The molecule has 2 amide bonds. The van der Waals surface area contributed by atoms with Crippen molar-refractivity contribution in [2.75, 3.05) is 20.8 Å². The van der Waals surface area contributed by atoms with E-state index in [-0.39, 0.29) is 29.8 Å². The minimum absolute atomic E-state index is 0.0111. The lowest BCUT2D eigenvalue weighted by Crippen LogP contribution is -2.54. The fraction of sp³-hybridized carbons (Fsp3) is 0.652. The topological polar surface area (TPSA) is 76.7 Å². The molecule has 0 radical (unpaired) electrons. The summed E-state index contributed by atoms with van der Waals surface area (Å²) < 4.78 is 10.7. The number of nitrogens with one attached hydrogen (secondary N) is 2. The third-order valence-electron chi connectivity index (χ3n) is 7.21. The highest BCUT2D eigenvalue weighted by Gasteiger charge is 2.54. The molecule has 6 heteroatoms. The zero-order valence-electron chi connectivity index (χ0n) is 17.6. The lowest BCUT2D eigenvalue weighted by atomic mass is 9.49. The van der Waals surface area contributed by atoms with Gasteiger partial charge in [0.05, 0.1) is 26.8 Å². The van der Waals surface area contributed by atoms with Gasteiger partial charge in [-0.15, -0.1) is 0 Å². The van der Waals surface area contributed by atoms with Crippen molar-refractivity contribution in [2.45, 2.75) is 51.5 Å². The number of rotatable bonds is 7. The number of amides is 2. The zero-order valence-corrected chi connectivity index (χ0v) is 17.6. The minimum Gasteiger partial charge on any atom is -0.497 e.